The molecule has 0 atom stereocenters. The third kappa shape index (κ3) is 1.46. The minimum Gasteiger partial charge on any atom is -0.346 e. The van der Waals surface area contributed by atoms with Gasteiger partial charge in [0, 0.05) is 14.2 Å². The van der Waals surface area contributed by atoms with E-state index in [0.29, 0.717) is 11.7 Å². The van der Waals surface area contributed by atoms with Crippen molar-refractivity contribution in [2.24, 2.45) is 0 Å². The van der Waals surface area contributed by atoms with E-state index in [1.54, 1.807) is 13.8 Å². The Hall–Kier alpha value is -0.940. The van der Waals surface area contributed by atoms with Crippen molar-refractivity contribution < 1.29 is 14.0 Å². The summed E-state index contributed by atoms with van der Waals surface area (Å²) in [6.07, 6.45) is 0. The van der Waals surface area contributed by atoms with Gasteiger partial charge in [0.25, 0.3) is 5.89 Å². The molecular formula is C7H12N2O3. The Morgan fingerprint density at radius 2 is 1.92 bits per heavy atom. The number of aryl methyl sites for hydroxylation is 1. The molecule has 0 fully saturated rings. The van der Waals surface area contributed by atoms with E-state index >= 15 is 0 Å². The Bertz CT molecular complexity index is 255. The summed E-state index contributed by atoms with van der Waals surface area (Å²) in [7, 11) is 3.03. The quantitative estimate of drug-likeness (QED) is 0.632. The van der Waals surface area contributed by atoms with Crippen LogP contribution in [0.2, 0.25) is 0 Å². The van der Waals surface area contributed by atoms with Crippen molar-refractivity contribution in [3.8, 4) is 0 Å². The van der Waals surface area contributed by atoms with E-state index in [2.05, 4.69) is 10.1 Å². The molecule has 5 nitrogen and oxygen atoms in total. The number of nitrogens with zero attached hydrogens (tertiary/aromatic N) is 2. The molecule has 1 aromatic rings. The lowest BCUT2D eigenvalue weighted by molar-refractivity contribution is -0.217. The topological polar surface area (TPSA) is 57.4 Å². The molecule has 0 saturated carbocycles. The highest BCUT2D eigenvalue weighted by Crippen LogP contribution is 2.22. The number of methoxy groups -OCH3 is 2. The van der Waals surface area contributed by atoms with Crippen molar-refractivity contribution in [1.82, 2.24) is 10.1 Å². The molecule has 0 aliphatic carbocycles. The van der Waals surface area contributed by atoms with Gasteiger partial charge in [0.15, 0.2) is 5.82 Å². The molecule has 1 rings (SSSR count). The summed E-state index contributed by atoms with van der Waals surface area (Å²) in [4.78, 5) is 4.00. The zero-order valence-corrected chi connectivity index (χ0v) is 7.62. The number of hydrogen-bond donors (Lipinski definition) is 0. The highest BCUT2D eigenvalue weighted by molar-refractivity contribution is 4.91. The molecule has 0 radical (unpaired) electrons. The van der Waals surface area contributed by atoms with Gasteiger partial charge in [-0.15, -0.1) is 0 Å². The summed E-state index contributed by atoms with van der Waals surface area (Å²) in [5, 5.41) is 3.63. The Morgan fingerprint density at radius 1 is 1.33 bits per heavy atom. The minimum absolute atomic E-state index is 0.324. The fourth-order valence-electron chi connectivity index (χ4n) is 0.739. The molecule has 0 aliphatic rings. The first-order valence-corrected chi connectivity index (χ1v) is 3.53. The smallest absolute Gasteiger partial charge is 0.286 e. The molecule has 0 spiro atoms. The molecule has 0 aliphatic heterocycles. The maximum atomic E-state index is 5.07. The number of rotatable bonds is 3. The monoisotopic (exact) mass is 172 g/mol. The zero-order chi connectivity index (χ0) is 9.19. The normalized spacial score (nSPS) is 12.0. The number of ether oxygens (including phenoxy) is 2. The van der Waals surface area contributed by atoms with Crippen LogP contribution in [0.15, 0.2) is 4.52 Å². The van der Waals surface area contributed by atoms with E-state index in [-0.39, 0.29) is 0 Å². The van der Waals surface area contributed by atoms with Gasteiger partial charge in [0.1, 0.15) is 0 Å². The van der Waals surface area contributed by atoms with Crippen LogP contribution in [0, 0.1) is 6.92 Å². The maximum absolute atomic E-state index is 5.07. The average molecular weight is 172 g/mol. The van der Waals surface area contributed by atoms with Crippen LogP contribution < -0.4 is 0 Å². The van der Waals surface area contributed by atoms with E-state index in [1.165, 1.54) is 14.2 Å². The van der Waals surface area contributed by atoms with Gasteiger partial charge in [-0.2, -0.15) is 4.98 Å². The molecule has 68 valence electrons. The van der Waals surface area contributed by atoms with Gasteiger partial charge in [-0.25, -0.2) is 0 Å². The van der Waals surface area contributed by atoms with Crippen LogP contribution in [0.25, 0.3) is 0 Å². The Kier molecular flexibility index (Phi) is 2.44. The molecule has 1 heterocycles. The summed E-state index contributed by atoms with van der Waals surface area (Å²) in [6, 6.07) is 0. The van der Waals surface area contributed by atoms with Crippen molar-refractivity contribution in [2.45, 2.75) is 19.6 Å². The molecule has 0 amide bonds. The van der Waals surface area contributed by atoms with Crippen LogP contribution in [-0.4, -0.2) is 24.4 Å². The second kappa shape index (κ2) is 3.20. The predicted octanol–water partition coefficient (Wildman–Crippen LogP) is 0.844. The molecule has 12 heavy (non-hydrogen) atoms. The van der Waals surface area contributed by atoms with E-state index in [4.69, 9.17) is 14.0 Å². The SMILES string of the molecule is COC(C)(OC)c1nc(C)no1. The fourth-order valence-corrected chi connectivity index (χ4v) is 0.739. The third-order valence-corrected chi connectivity index (χ3v) is 1.70. The molecule has 0 unspecified atom stereocenters. The lowest BCUT2D eigenvalue weighted by atomic mass is 10.3. The maximum Gasteiger partial charge on any atom is 0.286 e. The van der Waals surface area contributed by atoms with Gasteiger partial charge in [0.05, 0.1) is 0 Å². The van der Waals surface area contributed by atoms with Crippen LogP contribution in [0.4, 0.5) is 0 Å². The molecule has 1 aromatic heterocycles. The van der Waals surface area contributed by atoms with E-state index in [1.807, 2.05) is 0 Å². The van der Waals surface area contributed by atoms with E-state index in [0.717, 1.165) is 0 Å². The highest BCUT2D eigenvalue weighted by Gasteiger charge is 2.32. The Morgan fingerprint density at radius 3 is 2.25 bits per heavy atom. The van der Waals surface area contributed by atoms with Gasteiger partial charge in [-0.3, -0.25) is 0 Å². The lowest BCUT2D eigenvalue weighted by Crippen LogP contribution is -2.26. The fraction of sp³-hybridized carbons (Fsp3) is 0.714. The summed E-state index contributed by atoms with van der Waals surface area (Å²) in [6.45, 7) is 3.44. The predicted molar refractivity (Wildman–Crippen MR) is 40.4 cm³/mol. The summed E-state index contributed by atoms with van der Waals surface area (Å²) < 4.78 is 15.0. The van der Waals surface area contributed by atoms with Crippen LogP contribution in [0.3, 0.4) is 0 Å². The van der Waals surface area contributed by atoms with Crippen LogP contribution in [-0.2, 0) is 15.3 Å². The van der Waals surface area contributed by atoms with Crippen molar-refractivity contribution in [3.05, 3.63) is 11.7 Å². The van der Waals surface area contributed by atoms with Crippen LogP contribution >= 0.6 is 0 Å². The van der Waals surface area contributed by atoms with Gasteiger partial charge in [0.2, 0.25) is 5.79 Å². The molecule has 0 bridgehead atoms. The first-order chi connectivity index (χ1) is 5.62. The van der Waals surface area contributed by atoms with E-state index < -0.39 is 5.79 Å². The van der Waals surface area contributed by atoms with Crippen LogP contribution in [0.1, 0.15) is 18.6 Å². The molecule has 0 N–H and O–H groups in total. The Balaban J connectivity index is 2.94. The Labute approximate surface area is 70.7 Å². The van der Waals surface area contributed by atoms with Crippen molar-refractivity contribution in [3.63, 3.8) is 0 Å². The third-order valence-electron chi connectivity index (χ3n) is 1.70. The van der Waals surface area contributed by atoms with Gasteiger partial charge < -0.3 is 14.0 Å². The number of aromatic nitrogens is 2. The van der Waals surface area contributed by atoms with Crippen molar-refractivity contribution in [2.75, 3.05) is 14.2 Å². The molecule has 0 saturated heterocycles. The van der Waals surface area contributed by atoms with Gasteiger partial charge >= 0.3 is 0 Å². The summed E-state index contributed by atoms with van der Waals surface area (Å²) in [5.74, 6) is -0.0586. The summed E-state index contributed by atoms with van der Waals surface area (Å²) in [5.41, 5.74) is 0. The lowest BCUT2D eigenvalue weighted by Gasteiger charge is -2.20. The standard InChI is InChI=1S/C7H12N2O3/c1-5-8-6(12-9-5)7(2,10-3)11-4/h1-4H3. The minimum atomic E-state index is -0.943. The number of hydrogen-bond acceptors (Lipinski definition) is 5. The first-order valence-electron chi connectivity index (χ1n) is 3.53. The van der Waals surface area contributed by atoms with Gasteiger partial charge in [-0.1, -0.05) is 5.16 Å². The average Bonchev–Trinajstić information content (AvgIpc) is 2.51. The molecular weight excluding hydrogens is 160 g/mol. The molecule has 0 aromatic carbocycles. The van der Waals surface area contributed by atoms with Crippen molar-refractivity contribution >= 4 is 0 Å². The largest absolute Gasteiger partial charge is 0.346 e. The van der Waals surface area contributed by atoms with Gasteiger partial charge in [-0.05, 0) is 13.8 Å². The second-order valence-electron chi connectivity index (χ2n) is 2.50. The summed E-state index contributed by atoms with van der Waals surface area (Å²) >= 11 is 0. The molecule has 5 heteroatoms. The van der Waals surface area contributed by atoms with Crippen molar-refractivity contribution in [1.29, 1.82) is 0 Å². The highest BCUT2D eigenvalue weighted by atomic mass is 16.7. The van der Waals surface area contributed by atoms with Crippen LogP contribution in [0.5, 0.6) is 0 Å². The van der Waals surface area contributed by atoms with E-state index in [9.17, 15) is 0 Å². The zero-order valence-electron chi connectivity index (χ0n) is 7.62. The first kappa shape index (κ1) is 9.15. The second-order valence-corrected chi connectivity index (χ2v) is 2.50.